The lowest BCUT2D eigenvalue weighted by atomic mass is 10.0. The van der Waals surface area contributed by atoms with Crippen LogP contribution in [0.15, 0.2) is 22.2 Å². The summed E-state index contributed by atoms with van der Waals surface area (Å²) in [5, 5.41) is 1.23. The van der Waals surface area contributed by atoms with Crippen molar-refractivity contribution in [3.8, 4) is 0 Å². The summed E-state index contributed by atoms with van der Waals surface area (Å²) >= 11 is 1.40. The van der Waals surface area contributed by atoms with E-state index in [4.69, 9.17) is 0 Å². The highest BCUT2D eigenvalue weighted by Crippen LogP contribution is 2.36. The molecule has 0 aromatic carbocycles. The first-order valence-corrected chi connectivity index (χ1v) is 8.97. The number of alkyl halides is 2. The van der Waals surface area contributed by atoms with E-state index in [1.807, 2.05) is 6.26 Å². The number of fused-ring (bicyclic) bond motifs is 1. The Morgan fingerprint density at radius 2 is 2.22 bits per heavy atom. The molecule has 0 saturated heterocycles. The first kappa shape index (κ1) is 16.4. The molecule has 0 N–H and O–H groups in total. The van der Waals surface area contributed by atoms with E-state index < -0.39 is 12.8 Å². The Balaban J connectivity index is 2.26. The van der Waals surface area contributed by atoms with Crippen LogP contribution in [-0.4, -0.2) is 27.2 Å². The molecular weight excluding hydrogens is 320 g/mol. The van der Waals surface area contributed by atoms with Gasteiger partial charge >= 0.3 is 0 Å². The van der Waals surface area contributed by atoms with Crippen molar-refractivity contribution in [1.29, 1.82) is 0 Å². The minimum atomic E-state index is -2.54. The number of halogens is 2. The van der Waals surface area contributed by atoms with E-state index in [9.17, 15) is 13.6 Å². The lowest BCUT2D eigenvalue weighted by Crippen LogP contribution is -2.30. The summed E-state index contributed by atoms with van der Waals surface area (Å²) in [7, 11) is 0. The Hall–Kier alpha value is -1.50. The van der Waals surface area contributed by atoms with E-state index in [0.29, 0.717) is 22.1 Å². The largest absolute Gasteiger partial charge is 0.289 e. The fourth-order valence-electron chi connectivity index (χ4n) is 3.39. The Morgan fingerprint density at radius 1 is 1.43 bits per heavy atom. The minimum Gasteiger partial charge on any atom is -0.289 e. The van der Waals surface area contributed by atoms with Crippen LogP contribution in [-0.2, 0) is 6.42 Å². The molecule has 4 nitrogen and oxygen atoms in total. The number of rotatable bonds is 4. The third-order valence-corrected chi connectivity index (χ3v) is 5.09. The van der Waals surface area contributed by atoms with Crippen LogP contribution in [0.5, 0.6) is 0 Å². The Morgan fingerprint density at radius 3 is 2.83 bits per heavy atom. The molecular formula is C16H19F2N3OS. The second-order valence-electron chi connectivity index (χ2n) is 6.05. The zero-order valence-corrected chi connectivity index (χ0v) is 13.9. The quantitative estimate of drug-likeness (QED) is 0.630. The number of aromatic nitrogens is 3. The molecule has 1 aliphatic carbocycles. The first-order chi connectivity index (χ1) is 11.0. The molecule has 2 aromatic heterocycles. The number of hydrogen-bond acceptors (Lipinski definition) is 4. The molecule has 0 amide bonds. The van der Waals surface area contributed by atoms with E-state index in [0.717, 1.165) is 19.3 Å². The maximum atomic E-state index is 12.8. The van der Waals surface area contributed by atoms with Gasteiger partial charge in [0.15, 0.2) is 5.16 Å². The molecule has 2 heterocycles. The first-order valence-electron chi connectivity index (χ1n) is 7.74. The molecule has 0 bridgehead atoms. The van der Waals surface area contributed by atoms with Gasteiger partial charge in [0.25, 0.3) is 5.56 Å². The summed E-state index contributed by atoms with van der Waals surface area (Å²) in [5.74, 6) is 0.338. The zero-order valence-electron chi connectivity index (χ0n) is 13.1. The second-order valence-corrected chi connectivity index (χ2v) is 6.82. The van der Waals surface area contributed by atoms with Crippen LogP contribution in [0.25, 0.3) is 11.0 Å². The van der Waals surface area contributed by atoms with Gasteiger partial charge in [-0.25, -0.2) is 18.7 Å². The summed E-state index contributed by atoms with van der Waals surface area (Å²) in [4.78, 5) is 21.5. The molecule has 1 aliphatic rings. The van der Waals surface area contributed by atoms with Crippen molar-refractivity contribution >= 4 is 22.8 Å². The van der Waals surface area contributed by atoms with Crippen LogP contribution in [0.3, 0.4) is 0 Å². The van der Waals surface area contributed by atoms with Crippen molar-refractivity contribution in [3.05, 3.63) is 28.2 Å². The predicted octanol–water partition coefficient (Wildman–Crippen LogP) is 3.68. The van der Waals surface area contributed by atoms with E-state index in [1.165, 1.54) is 17.8 Å². The summed E-state index contributed by atoms with van der Waals surface area (Å²) < 4.78 is 27.3. The van der Waals surface area contributed by atoms with E-state index >= 15 is 0 Å². The number of hydrogen-bond donors (Lipinski definition) is 0. The van der Waals surface area contributed by atoms with Crippen LogP contribution >= 0.6 is 11.8 Å². The maximum absolute atomic E-state index is 12.8. The molecule has 23 heavy (non-hydrogen) atoms. The van der Waals surface area contributed by atoms with Gasteiger partial charge in [0, 0.05) is 29.6 Å². The van der Waals surface area contributed by atoms with Crippen LogP contribution in [0.4, 0.5) is 8.78 Å². The lowest BCUT2D eigenvalue weighted by Gasteiger charge is -2.21. The average molecular weight is 339 g/mol. The van der Waals surface area contributed by atoms with Crippen molar-refractivity contribution in [2.75, 3.05) is 6.26 Å². The summed E-state index contributed by atoms with van der Waals surface area (Å²) in [6.45, 7) is 2.10. The minimum absolute atomic E-state index is 0.0206. The van der Waals surface area contributed by atoms with Gasteiger partial charge in [-0.2, -0.15) is 0 Å². The highest BCUT2D eigenvalue weighted by molar-refractivity contribution is 7.98. The van der Waals surface area contributed by atoms with Gasteiger partial charge in [-0.15, -0.1) is 0 Å². The third kappa shape index (κ3) is 3.11. The topological polar surface area (TPSA) is 47.8 Å². The zero-order chi connectivity index (χ0) is 16.6. The SMILES string of the molecule is CSc1ncc2cc(CC(F)F)c(=O)n(C3CCCC3C)c2n1. The number of thioether (sulfide) groups is 1. The predicted molar refractivity (Wildman–Crippen MR) is 87.3 cm³/mol. The van der Waals surface area contributed by atoms with Gasteiger partial charge in [-0.3, -0.25) is 9.36 Å². The Bertz CT molecular complexity index is 778. The molecule has 2 unspecified atom stereocenters. The van der Waals surface area contributed by atoms with Crippen LogP contribution in [0.1, 0.15) is 37.8 Å². The summed E-state index contributed by atoms with van der Waals surface area (Å²) in [6.07, 6.45) is 3.39. The van der Waals surface area contributed by atoms with Gasteiger partial charge < -0.3 is 0 Å². The Kier molecular flexibility index (Phi) is 4.66. The van der Waals surface area contributed by atoms with E-state index in [1.54, 1.807) is 10.8 Å². The molecule has 3 rings (SSSR count). The van der Waals surface area contributed by atoms with Crippen LogP contribution in [0.2, 0.25) is 0 Å². The maximum Gasteiger partial charge on any atom is 0.255 e. The highest BCUT2D eigenvalue weighted by atomic mass is 32.2. The van der Waals surface area contributed by atoms with Crippen LogP contribution in [0, 0.1) is 5.92 Å². The molecule has 0 spiro atoms. The summed E-state index contributed by atoms with van der Waals surface area (Å²) in [6, 6.07) is 1.54. The van der Waals surface area contributed by atoms with Crippen molar-refractivity contribution in [2.24, 2.45) is 5.92 Å². The van der Waals surface area contributed by atoms with Gasteiger partial charge in [0.2, 0.25) is 6.43 Å². The second kappa shape index (κ2) is 6.55. The van der Waals surface area contributed by atoms with Crippen molar-refractivity contribution in [2.45, 2.75) is 50.2 Å². The van der Waals surface area contributed by atoms with E-state index in [2.05, 4.69) is 16.9 Å². The molecule has 124 valence electrons. The monoisotopic (exact) mass is 339 g/mol. The normalized spacial score (nSPS) is 21.4. The smallest absolute Gasteiger partial charge is 0.255 e. The Labute approximate surface area is 137 Å². The third-order valence-electron chi connectivity index (χ3n) is 4.53. The number of nitrogens with zero attached hydrogens (tertiary/aromatic N) is 3. The van der Waals surface area contributed by atoms with Gasteiger partial charge in [0.05, 0.1) is 0 Å². The van der Waals surface area contributed by atoms with Gasteiger partial charge in [0.1, 0.15) is 5.65 Å². The molecule has 7 heteroatoms. The van der Waals surface area contributed by atoms with Gasteiger partial charge in [-0.1, -0.05) is 25.1 Å². The molecule has 1 fully saturated rings. The fourth-order valence-corrected chi connectivity index (χ4v) is 3.73. The highest BCUT2D eigenvalue weighted by Gasteiger charge is 2.28. The van der Waals surface area contributed by atoms with Crippen molar-refractivity contribution < 1.29 is 8.78 Å². The molecule has 0 aliphatic heterocycles. The molecule has 2 atom stereocenters. The molecule has 1 saturated carbocycles. The molecule has 2 aromatic rings. The van der Waals surface area contributed by atoms with Crippen molar-refractivity contribution in [3.63, 3.8) is 0 Å². The fraction of sp³-hybridized carbons (Fsp3) is 0.562. The van der Waals surface area contributed by atoms with E-state index in [-0.39, 0.29) is 17.2 Å². The average Bonchev–Trinajstić information content (AvgIpc) is 2.93. The number of pyridine rings is 1. The van der Waals surface area contributed by atoms with Crippen molar-refractivity contribution in [1.82, 2.24) is 14.5 Å². The molecule has 0 radical (unpaired) electrons. The van der Waals surface area contributed by atoms with Crippen LogP contribution < -0.4 is 5.56 Å². The van der Waals surface area contributed by atoms with Gasteiger partial charge in [-0.05, 0) is 31.1 Å². The summed E-state index contributed by atoms with van der Waals surface area (Å²) in [5.41, 5.74) is 0.375. The lowest BCUT2D eigenvalue weighted by molar-refractivity contribution is 0.148. The standard InChI is InChI=1S/C16H19F2N3OS/c1-9-4-3-5-12(9)21-14-11(8-19-16(20-14)23-2)6-10(15(21)22)7-13(17)18/h6,8-9,12-13H,3-5,7H2,1-2H3.